The minimum absolute atomic E-state index is 0.882. The lowest BCUT2D eigenvalue weighted by atomic mass is 10.1. The number of hydrogen-bond acceptors (Lipinski definition) is 0. The molecule has 0 fully saturated rings. The highest BCUT2D eigenvalue weighted by Gasteiger charge is 1.88. The fourth-order valence-electron chi connectivity index (χ4n) is 1.62. The molecule has 0 aromatic rings. The van der Waals surface area contributed by atoms with Gasteiger partial charge in [-0.05, 0) is 19.3 Å². The van der Waals surface area contributed by atoms with E-state index in [0.717, 1.165) is 12.8 Å². The fraction of sp³-hybridized carbons (Fsp3) is 0.733. The molecule has 0 aliphatic rings. The van der Waals surface area contributed by atoms with Gasteiger partial charge in [0.1, 0.15) is 0 Å². The van der Waals surface area contributed by atoms with E-state index in [4.69, 9.17) is 6.42 Å². The first-order valence-corrected chi connectivity index (χ1v) is 6.50. The van der Waals surface area contributed by atoms with Crippen LogP contribution in [0.4, 0.5) is 0 Å². The van der Waals surface area contributed by atoms with E-state index in [2.05, 4.69) is 25.0 Å². The van der Waals surface area contributed by atoms with E-state index < -0.39 is 0 Å². The molecule has 0 aromatic carbocycles. The number of rotatable bonds is 10. The Hall–Kier alpha value is -0.700. The Bertz CT molecular complexity index is 171. The van der Waals surface area contributed by atoms with Gasteiger partial charge in [-0.3, -0.25) is 0 Å². The third kappa shape index (κ3) is 13.3. The molecule has 0 saturated carbocycles. The Kier molecular flexibility index (Phi) is 12.7. The van der Waals surface area contributed by atoms with Gasteiger partial charge < -0.3 is 0 Å². The van der Waals surface area contributed by atoms with Gasteiger partial charge >= 0.3 is 0 Å². The van der Waals surface area contributed by atoms with Crippen molar-refractivity contribution in [1.82, 2.24) is 0 Å². The predicted molar refractivity (Wildman–Crippen MR) is 69.8 cm³/mol. The van der Waals surface area contributed by atoms with Crippen LogP contribution in [0.1, 0.15) is 71.1 Å². The molecule has 15 heavy (non-hydrogen) atoms. The van der Waals surface area contributed by atoms with Crippen LogP contribution in [-0.4, -0.2) is 0 Å². The normalized spacial score (nSPS) is 10.7. The van der Waals surface area contributed by atoms with Crippen LogP contribution in [0.3, 0.4) is 0 Å². The maximum atomic E-state index is 5.16. The first-order chi connectivity index (χ1) is 7.41. The Morgan fingerprint density at radius 3 is 2.13 bits per heavy atom. The van der Waals surface area contributed by atoms with Crippen molar-refractivity contribution in [2.24, 2.45) is 0 Å². The molecule has 0 unspecified atom stereocenters. The van der Waals surface area contributed by atoms with Crippen LogP contribution >= 0.6 is 0 Å². The van der Waals surface area contributed by atoms with Crippen LogP contribution in [0, 0.1) is 12.3 Å². The number of unbranched alkanes of at least 4 members (excludes halogenated alkanes) is 8. The van der Waals surface area contributed by atoms with Crippen LogP contribution < -0.4 is 0 Å². The smallest absolute Gasteiger partial charge is 0.0121 e. The summed E-state index contributed by atoms with van der Waals surface area (Å²) < 4.78 is 0. The monoisotopic (exact) mass is 206 g/mol. The molecule has 0 radical (unpaired) electrons. The van der Waals surface area contributed by atoms with Gasteiger partial charge in [0.2, 0.25) is 0 Å². The van der Waals surface area contributed by atoms with E-state index >= 15 is 0 Å². The van der Waals surface area contributed by atoms with Crippen molar-refractivity contribution in [2.45, 2.75) is 71.1 Å². The SMILES string of the molecule is C#CCC/C=C\CCCCCCCCC. The molecule has 0 heteroatoms. The highest BCUT2D eigenvalue weighted by molar-refractivity contribution is 4.90. The molecule has 0 saturated heterocycles. The van der Waals surface area contributed by atoms with Crippen molar-refractivity contribution >= 4 is 0 Å². The average molecular weight is 206 g/mol. The lowest BCUT2D eigenvalue weighted by Gasteiger charge is -1.98. The standard InChI is InChI=1S/C15H26/c1-3-5-7-9-11-13-15-14-12-10-8-6-4-2/h1,9,11H,4-8,10,12-15H2,2H3/b11-9-. The lowest BCUT2D eigenvalue weighted by Crippen LogP contribution is -1.78. The fourth-order valence-corrected chi connectivity index (χ4v) is 1.62. The molecule has 0 rings (SSSR count). The van der Waals surface area contributed by atoms with Gasteiger partial charge in [-0.1, -0.05) is 57.6 Å². The molecule has 0 bridgehead atoms. The molecule has 0 aliphatic heterocycles. The van der Waals surface area contributed by atoms with E-state index in [9.17, 15) is 0 Å². The second-order valence-electron chi connectivity index (χ2n) is 4.12. The molecule has 0 amide bonds. The summed E-state index contributed by atoms with van der Waals surface area (Å²) in [5.41, 5.74) is 0. The first kappa shape index (κ1) is 14.3. The van der Waals surface area contributed by atoms with Gasteiger partial charge in [-0.25, -0.2) is 0 Å². The van der Waals surface area contributed by atoms with Crippen molar-refractivity contribution in [3.63, 3.8) is 0 Å². The Morgan fingerprint density at radius 2 is 1.47 bits per heavy atom. The topological polar surface area (TPSA) is 0 Å². The maximum Gasteiger partial charge on any atom is 0.0121 e. The molecule has 0 N–H and O–H groups in total. The molecular weight excluding hydrogens is 180 g/mol. The van der Waals surface area contributed by atoms with E-state index in [1.54, 1.807) is 0 Å². The predicted octanol–water partition coefficient (Wildman–Crippen LogP) is 5.10. The van der Waals surface area contributed by atoms with Gasteiger partial charge in [-0.15, -0.1) is 12.3 Å². The van der Waals surface area contributed by atoms with Gasteiger partial charge in [0.25, 0.3) is 0 Å². The summed E-state index contributed by atoms with van der Waals surface area (Å²) >= 11 is 0. The van der Waals surface area contributed by atoms with Gasteiger partial charge in [-0.2, -0.15) is 0 Å². The molecule has 0 nitrogen and oxygen atoms in total. The Labute approximate surface area is 96.2 Å². The van der Waals surface area contributed by atoms with Gasteiger partial charge in [0.15, 0.2) is 0 Å². The van der Waals surface area contributed by atoms with Crippen LogP contribution in [-0.2, 0) is 0 Å². The maximum absolute atomic E-state index is 5.16. The van der Waals surface area contributed by atoms with Gasteiger partial charge in [0.05, 0.1) is 0 Å². The molecule has 0 aliphatic carbocycles. The van der Waals surface area contributed by atoms with Crippen molar-refractivity contribution in [3.8, 4) is 12.3 Å². The molecule has 86 valence electrons. The van der Waals surface area contributed by atoms with Crippen molar-refractivity contribution in [1.29, 1.82) is 0 Å². The number of terminal acetylenes is 1. The summed E-state index contributed by atoms with van der Waals surface area (Å²) in [5, 5.41) is 0. The Morgan fingerprint density at radius 1 is 0.867 bits per heavy atom. The zero-order chi connectivity index (χ0) is 11.2. The molecular formula is C15H26. The van der Waals surface area contributed by atoms with E-state index in [1.807, 2.05) is 0 Å². The number of allylic oxidation sites excluding steroid dienone is 2. The molecule has 0 aromatic heterocycles. The third-order valence-corrected chi connectivity index (χ3v) is 2.60. The minimum atomic E-state index is 0.882. The quantitative estimate of drug-likeness (QED) is 0.265. The highest BCUT2D eigenvalue weighted by atomic mass is 13.9. The summed E-state index contributed by atoms with van der Waals surface area (Å²) in [4.78, 5) is 0. The third-order valence-electron chi connectivity index (χ3n) is 2.60. The average Bonchev–Trinajstić information content (AvgIpc) is 2.26. The summed E-state index contributed by atoms with van der Waals surface area (Å²) in [5.74, 6) is 2.65. The first-order valence-electron chi connectivity index (χ1n) is 6.50. The second kappa shape index (κ2) is 13.3. The zero-order valence-electron chi connectivity index (χ0n) is 10.3. The van der Waals surface area contributed by atoms with E-state index in [1.165, 1.54) is 51.4 Å². The Balaban J connectivity index is 2.98. The van der Waals surface area contributed by atoms with Crippen molar-refractivity contribution < 1.29 is 0 Å². The number of hydrogen-bond donors (Lipinski definition) is 0. The summed E-state index contributed by atoms with van der Waals surface area (Å²) in [6.45, 7) is 2.26. The van der Waals surface area contributed by atoms with E-state index in [0.29, 0.717) is 0 Å². The summed E-state index contributed by atoms with van der Waals surface area (Å²) in [6, 6.07) is 0. The summed E-state index contributed by atoms with van der Waals surface area (Å²) in [6.07, 6.45) is 22.6. The molecule has 0 spiro atoms. The van der Waals surface area contributed by atoms with Crippen LogP contribution in [0.25, 0.3) is 0 Å². The highest BCUT2D eigenvalue weighted by Crippen LogP contribution is 2.08. The molecule has 0 atom stereocenters. The largest absolute Gasteiger partial charge is 0.120 e. The van der Waals surface area contributed by atoms with Crippen molar-refractivity contribution in [2.75, 3.05) is 0 Å². The summed E-state index contributed by atoms with van der Waals surface area (Å²) in [7, 11) is 0. The molecule has 0 heterocycles. The van der Waals surface area contributed by atoms with Crippen LogP contribution in [0.15, 0.2) is 12.2 Å². The minimum Gasteiger partial charge on any atom is -0.120 e. The van der Waals surface area contributed by atoms with Gasteiger partial charge in [0, 0.05) is 6.42 Å². The lowest BCUT2D eigenvalue weighted by molar-refractivity contribution is 0.592. The van der Waals surface area contributed by atoms with E-state index in [-0.39, 0.29) is 0 Å². The van der Waals surface area contributed by atoms with Crippen molar-refractivity contribution in [3.05, 3.63) is 12.2 Å². The van der Waals surface area contributed by atoms with Crippen LogP contribution in [0.5, 0.6) is 0 Å². The second-order valence-corrected chi connectivity index (χ2v) is 4.12. The van der Waals surface area contributed by atoms with Crippen LogP contribution in [0.2, 0.25) is 0 Å². The zero-order valence-corrected chi connectivity index (χ0v) is 10.3.